The van der Waals surface area contributed by atoms with E-state index in [9.17, 15) is 4.79 Å². The number of H-pyrrole nitrogens is 1. The zero-order valence-electron chi connectivity index (χ0n) is 10.4. The Bertz CT molecular complexity index is 342. The van der Waals surface area contributed by atoms with Crippen molar-refractivity contribution in [2.24, 2.45) is 5.92 Å². The van der Waals surface area contributed by atoms with Crippen LogP contribution in [0, 0.1) is 5.92 Å². The van der Waals surface area contributed by atoms with Crippen molar-refractivity contribution >= 4 is 5.91 Å². The van der Waals surface area contributed by atoms with Crippen molar-refractivity contribution < 1.29 is 4.79 Å². The third-order valence-electron chi connectivity index (χ3n) is 3.42. The van der Waals surface area contributed by atoms with Gasteiger partial charge in [0.1, 0.15) is 0 Å². The van der Waals surface area contributed by atoms with Crippen LogP contribution in [0.15, 0.2) is 18.3 Å². The monoisotopic (exact) mass is 235 g/mol. The highest BCUT2D eigenvalue weighted by Gasteiger charge is 2.19. The summed E-state index contributed by atoms with van der Waals surface area (Å²) in [6, 6.07) is 3.97. The van der Waals surface area contributed by atoms with Crippen molar-refractivity contribution in [3.05, 3.63) is 24.0 Å². The molecule has 2 N–H and O–H groups in total. The average molecular weight is 235 g/mol. The Kier molecular flexibility index (Phi) is 4.20. The number of rotatable bonds is 4. The van der Waals surface area contributed by atoms with Crippen LogP contribution in [0.2, 0.25) is 0 Å². The Morgan fingerprint density at radius 2 is 2.24 bits per heavy atom. The number of aromatic nitrogens is 1. The molecule has 0 unspecified atom stereocenters. The Morgan fingerprint density at radius 1 is 1.47 bits per heavy atom. The fourth-order valence-electron chi connectivity index (χ4n) is 2.30. The van der Waals surface area contributed by atoms with E-state index in [2.05, 4.69) is 10.3 Å². The zero-order chi connectivity index (χ0) is 12.1. The molecule has 0 saturated carbocycles. The molecular formula is C13H21N3O. The van der Waals surface area contributed by atoms with Gasteiger partial charge in [0, 0.05) is 25.4 Å². The van der Waals surface area contributed by atoms with Gasteiger partial charge in [-0.05, 0) is 44.0 Å². The third kappa shape index (κ3) is 3.60. The van der Waals surface area contributed by atoms with Crippen LogP contribution in [0.25, 0.3) is 0 Å². The van der Waals surface area contributed by atoms with E-state index in [1.165, 1.54) is 0 Å². The van der Waals surface area contributed by atoms with E-state index in [0.29, 0.717) is 18.9 Å². The Labute approximate surface area is 102 Å². The molecule has 0 aliphatic carbocycles. The number of carbonyl (C=O) groups excluding carboxylic acids is 1. The number of amides is 1. The van der Waals surface area contributed by atoms with Crippen LogP contribution < -0.4 is 5.32 Å². The fraction of sp³-hybridized carbons (Fsp3) is 0.615. The Hall–Kier alpha value is -1.29. The predicted octanol–water partition coefficient (Wildman–Crippen LogP) is 1.36. The van der Waals surface area contributed by atoms with Gasteiger partial charge in [-0.3, -0.25) is 4.79 Å². The molecule has 94 valence electrons. The van der Waals surface area contributed by atoms with Crippen LogP contribution >= 0.6 is 0 Å². The number of hydrogen-bond acceptors (Lipinski definition) is 2. The van der Waals surface area contributed by atoms with Gasteiger partial charge in [0.25, 0.3) is 0 Å². The highest BCUT2D eigenvalue weighted by atomic mass is 16.2. The van der Waals surface area contributed by atoms with Crippen molar-refractivity contribution in [2.45, 2.75) is 25.8 Å². The maximum atomic E-state index is 12.0. The lowest BCUT2D eigenvalue weighted by Crippen LogP contribution is -2.33. The first-order valence-electron chi connectivity index (χ1n) is 6.32. The molecule has 1 saturated heterocycles. The van der Waals surface area contributed by atoms with Crippen LogP contribution in [0.5, 0.6) is 0 Å². The number of carbonyl (C=O) groups is 1. The van der Waals surface area contributed by atoms with Crippen LogP contribution in [0.3, 0.4) is 0 Å². The molecule has 1 aliphatic rings. The topological polar surface area (TPSA) is 48.1 Å². The summed E-state index contributed by atoms with van der Waals surface area (Å²) in [5.41, 5.74) is 1.09. The van der Waals surface area contributed by atoms with E-state index in [4.69, 9.17) is 0 Å². The summed E-state index contributed by atoms with van der Waals surface area (Å²) in [4.78, 5) is 17.0. The van der Waals surface area contributed by atoms with Crippen LogP contribution in [0.4, 0.5) is 0 Å². The SMILES string of the molecule is CN(Cc1ccc[nH]1)C(=O)CC1CCNCC1. The second-order valence-corrected chi connectivity index (χ2v) is 4.84. The minimum Gasteiger partial charge on any atom is -0.364 e. The van der Waals surface area contributed by atoms with Crippen molar-refractivity contribution in [3.8, 4) is 0 Å². The highest BCUT2D eigenvalue weighted by Crippen LogP contribution is 2.17. The maximum Gasteiger partial charge on any atom is 0.222 e. The first-order valence-corrected chi connectivity index (χ1v) is 6.32. The molecule has 4 heteroatoms. The molecule has 4 nitrogen and oxygen atoms in total. The van der Waals surface area contributed by atoms with Gasteiger partial charge >= 0.3 is 0 Å². The first-order chi connectivity index (χ1) is 8.25. The first kappa shape index (κ1) is 12.2. The van der Waals surface area contributed by atoms with Gasteiger partial charge in [0.05, 0.1) is 6.54 Å². The van der Waals surface area contributed by atoms with E-state index < -0.39 is 0 Å². The van der Waals surface area contributed by atoms with Gasteiger partial charge in [-0.15, -0.1) is 0 Å². The zero-order valence-corrected chi connectivity index (χ0v) is 10.4. The summed E-state index contributed by atoms with van der Waals surface area (Å²) in [6.45, 7) is 2.79. The minimum atomic E-state index is 0.256. The van der Waals surface area contributed by atoms with Gasteiger partial charge in [-0.1, -0.05) is 0 Å². The van der Waals surface area contributed by atoms with Crippen molar-refractivity contribution in [3.63, 3.8) is 0 Å². The number of aromatic amines is 1. The second-order valence-electron chi connectivity index (χ2n) is 4.84. The number of nitrogens with one attached hydrogen (secondary N) is 2. The van der Waals surface area contributed by atoms with Crippen molar-refractivity contribution in [2.75, 3.05) is 20.1 Å². The maximum absolute atomic E-state index is 12.0. The molecular weight excluding hydrogens is 214 g/mol. The van der Waals surface area contributed by atoms with E-state index in [0.717, 1.165) is 31.6 Å². The number of hydrogen-bond donors (Lipinski definition) is 2. The molecule has 0 aromatic carbocycles. The lowest BCUT2D eigenvalue weighted by molar-refractivity contribution is -0.131. The summed E-state index contributed by atoms with van der Waals surface area (Å²) in [5.74, 6) is 0.821. The molecule has 1 aliphatic heterocycles. The van der Waals surface area contributed by atoms with E-state index in [1.807, 2.05) is 30.3 Å². The molecule has 1 amide bonds. The number of nitrogens with zero attached hydrogens (tertiary/aromatic N) is 1. The third-order valence-corrected chi connectivity index (χ3v) is 3.42. The smallest absolute Gasteiger partial charge is 0.222 e. The summed E-state index contributed by atoms with van der Waals surface area (Å²) < 4.78 is 0. The van der Waals surface area contributed by atoms with Gasteiger partial charge in [0.2, 0.25) is 5.91 Å². The molecule has 2 rings (SSSR count). The minimum absolute atomic E-state index is 0.256. The fourth-order valence-corrected chi connectivity index (χ4v) is 2.30. The Balaban J connectivity index is 1.78. The van der Waals surface area contributed by atoms with E-state index in [-0.39, 0.29) is 5.91 Å². The molecule has 0 bridgehead atoms. The molecule has 2 heterocycles. The quantitative estimate of drug-likeness (QED) is 0.828. The standard InChI is InChI=1S/C13H21N3O/c1-16(10-12-3-2-6-15-12)13(17)9-11-4-7-14-8-5-11/h2-3,6,11,14-15H,4-5,7-10H2,1H3. The summed E-state index contributed by atoms with van der Waals surface area (Å²) >= 11 is 0. The Morgan fingerprint density at radius 3 is 2.88 bits per heavy atom. The lowest BCUT2D eigenvalue weighted by atomic mass is 9.94. The van der Waals surface area contributed by atoms with Gasteiger partial charge in [-0.2, -0.15) is 0 Å². The second kappa shape index (κ2) is 5.87. The summed E-state index contributed by atoms with van der Waals surface area (Å²) in [7, 11) is 1.88. The van der Waals surface area contributed by atoms with Crippen molar-refractivity contribution in [1.82, 2.24) is 15.2 Å². The number of piperidine rings is 1. The molecule has 0 radical (unpaired) electrons. The van der Waals surface area contributed by atoms with E-state index in [1.54, 1.807) is 0 Å². The van der Waals surface area contributed by atoms with Crippen molar-refractivity contribution in [1.29, 1.82) is 0 Å². The van der Waals surface area contributed by atoms with Crippen LogP contribution in [0.1, 0.15) is 25.0 Å². The molecule has 1 fully saturated rings. The molecule has 1 aromatic heterocycles. The average Bonchev–Trinajstić information content (AvgIpc) is 2.83. The molecule has 17 heavy (non-hydrogen) atoms. The highest BCUT2D eigenvalue weighted by molar-refractivity contribution is 5.76. The van der Waals surface area contributed by atoms with Gasteiger partial charge < -0.3 is 15.2 Å². The predicted molar refractivity (Wildman–Crippen MR) is 67.5 cm³/mol. The molecule has 1 aromatic rings. The lowest BCUT2D eigenvalue weighted by Gasteiger charge is -2.24. The molecule has 0 atom stereocenters. The molecule has 0 spiro atoms. The largest absolute Gasteiger partial charge is 0.364 e. The summed E-state index contributed by atoms with van der Waals surface area (Å²) in [6.07, 6.45) is 4.84. The summed E-state index contributed by atoms with van der Waals surface area (Å²) in [5, 5.41) is 3.32. The van der Waals surface area contributed by atoms with Crippen LogP contribution in [-0.2, 0) is 11.3 Å². The van der Waals surface area contributed by atoms with Gasteiger partial charge in [-0.25, -0.2) is 0 Å². The normalized spacial score (nSPS) is 17.0. The van der Waals surface area contributed by atoms with Gasteiger partial charge in [0.15, 0.2) is 0 Å². The van der Waals surface area contributed by atoms with Crippen LogP contribution in [-0.4, -0.2) is 35.9 Å². The van der Waals surface area contributed by atoms with E-state index >= 15 is 0 Å².